The highest BCUT2D eigenvalue weighted by molar-refractivity contribution is 5.22. The first-order valence-corrected chi connectivity index (χ1v) is 6.29. The number of ether oxygens (including phenoxy) is 1. The zero-order valence-electron chi connectivity index (χ0n) is 10.8. The van der Waals surface area contributed by atoms with Gasteiger partial charge >= 0.3 is 0 Å². The third-order valence-electron chi connectivity index (χ3n) is 3.97. The van der Waals surface area contributed by atoms with E-state index in [2.05, 4.69) is 24.1 Å². The molecule has 2 fully saturated rings. The molecule has 2 rings (SSSR count). The second-order valence-electron chi connectivity index (χ2n) is 5.46. The van der Waals surface area contributed by atoms with Gasteiger partial charge in [0, 0.05) is 33.3 Å². The lowest BCUT2D eigenvalue weighted by molar-refractivity contribution is -0.0484. The normalized spacial score (nSPS) is 31.3. The highest BCUT2D eigenvalue weighted by Gasteiger charge is 2.30. The van der Waals surface area contributed by atoms with Gasteiger partial charge in [0.05, 0.1) is 5.60 Å². The van der Waals surface area contributed by atoms with Crippen LogP contribution in [0, 0.1) is 0 Å². The second kappa shape index (κ2) is 4.86. The van der Waals surface area contributed by atoms with Crippen molar-refractivity contribution in [3.8, 4) is 0 Å². The fourth-order valence-electron chi connectivity index (χ4n) is 2.61. The van der Waals surface area contributed by atoms with Gasteiger partial charge in [-0.15, -0.1) is 0 Å². The first kappa shape index (κ1) is 12.1. The van der Waals surface area contributed by atoms with Gasteiger partial charge in [0.2, 0.25) is 0 Å². The van der Waals surface area contributed by atoms with E-state index in [9.17, 15) is 0 Å². The number of hydrogen-bond acceptors (Lipinski definition) is 3. The SMILES string of the molecule is COC1(C)CCCN(CC(C)=C2CNC2)C1. The van der Waals surface area contributed by atoms with Crippen LogP contribution in [0.5, 0.6) is 0 Å². The fourth-order valence-corrected chi connectivity index (χ4v) is 2.61. The van der Waals surface area contributed by atoms with Crippen molar-refractivity contribution < 1.29 is 4.74 Å². The van der Waals surface area contributed by atoms with Gasteiger partial charge in [-0.05, 0) is 38.8 Å². The van der Waals surface area contributed by atoms with Crippen molar-refractivity contribution >= 4 is 0 Å². The Morgan fingerprint density at radius 1 is 1.50 bits per heavy atom. The van der Waals surface area contributed by atoms with Crippen LogP contribution in [0.2, 0.25) is 0 Å². The van der Waals surface area contributed by atoms with E-state index >= 15 is 0 Å². The highest BCUT2D eigenvalue weighted by atomic mass is 16.5. The van der Waals surface area contributed by atoms with Crippen LogP contribution in [0.3, 0.4) is 0 Å². The maximum atomic E-state index is 5.62. The molecule has 3 heteroatoms. The van der Waals surface area contributed by atoms with Crippen LogP contribution in [0.25, 0.3) is 0 Å². The van der Waals surface area contributed by atoms with E-state index in [-0.39, 0.29) is 5.60 Å². The van der Waals surface area contributed by atoms with E-state index < -0.39 is 0 Å². The second-order valence-corrected chi connectivity index (χ2v) is 5.46. The maximum absolute atomic E-state index is 5.62. The Kier molecular flexibility index (Phi) is 3.67. The van der Waals surface area contributed by atoms with Gasteiger partial charge in [0.15, 0.2) is 0 Å². The molecule has 0 spiro atoms. The van der Waals surface area contributed by atoms with Crippen molar-refractivity contribution in [2.75, 3.05) is 39.8 Å². The van der Waals surface area contributed by atoms with Crippen LogP contribution >= 0.6 is 0 Å². The van der Waals surface area contributed by atoms with Crippen molar-refractivity contribution in [1.82, 2.24) is 10.2 Å². The topological polar surface area (TPSA) is 24.5 Å². The lowest BCUT2D eigenvalue weighted by Crippen LogP contribution is -2.48. The number of piperidine rings is 1. The molecule has 0 aromatic rings. The number of likely N-dealkylation sites (tertiary alicyclic amines) is 1. The molecule has 0 amide bonds. The van der Waals surface area contributed by atoms with Crippen LogP contribution in [0.15, 0.2) is 11.1 Å². The summed E-state index contributed by atoms with van der Waals surface area (Å²) in [5.74, 6) is 0. The predicted octanol–water partition coefficient (Wildman–Crippen LogP) is 1.41. The minimum atomic E-state index is 0.0705. The molecule has 92 valence electrons. The van der Waals surface area contributed by atoms with Crippen molar-refractivity contribution in [1.29, 1.82) is 0 Å². The molecule has 16 heavy (non-hydrogen) atoms. The fraction of sp³-hybridized carbons (Fsp3) is 0.846. The van der Waals surface area contributed by atoms with Crippen LogP contribution in [0.1, 0.15) is 26.7 Å². The van der Waals surface area contributed by atoms with Gasteiger partial charge in [0.25, 0.3) is 0 Å². The Balaban J connectivity index is 1.90. The Hall–Kier alpha value is -0.380. The molecule has 0 aliphatic carbocycles. The van der Waals surface area contributed by atoms with Gasteiger partial charge in [-0.1, -0.05) is 5.57 Å². The van der Waals surface area contributed by atoms with Crippen LogP contribution in [-0.4, -0.2) is 50.3 Å². The summed E-state index contributed by atoms with van der Waals surface area (Å²) >= 11 is 0. The number of nitrogens with zero attached hydrogens (tertiary/aromatic N) is 1. The molecule has 0 bridgehead atoms. The molecular weight excluding hydrogens is 200 g/mol. The van der Waals surface area contributed by atoms with Gasteiger partial charge in [-0.2, -0.15) is 0 Å². The molecule has 1 atom stereocenters. The van der Waals surface area contributed by atoms with Gasteiger partial charge in [0.1, 0.15) is 0 Å². The quantitative estimate of drug-likeness (QED) is 0.734. The first-order chi connectivity index (χ1) is 7.63. The van der Waals surface area contributed by atoms with Crippen LogP contribution in [-0.2, 0) is 4.74 Å². The Morgan fingerprint density at radius 2 is 2.25 bits per heavy atom. The van der Waals surface area contributed by atoms with Gasteiger partial charge < -0.3 is 10.1 Å². The number of methoxy groups -OCH3 is 1. The van der Waals surface area contributed by atoms with E-state index in [4.69, 9.17) is 4.74 Å². The number of nitrogens with one attached hydrogen (secondary N) is 1. The summed E-state index contributed by atoms with van der Waals surface area (Å²) in [6.45, 7) is 10.1. The monoisotopic (exact) mass is 224 g/mol. The summed E-state index contributed by atoms with van der Waals surface area (Å²) in [4.78, 5) is 2.54. The summed E-state index contributed by atoms with van der Waals surface area (Å²) in [6, 6.07) is 0. The van der Waals surface area contributed by atoms with Crippen LogP contribution < -0.4 is 5.32 Å². The Morgan fingerprint density at radius 3 is 2.81 bits per heavy atom. The summed E-state index contributed by atoms with van der Waals surface area (Å²) in [7, 11) is 1.84. The zero-order chi connectivity index (χ0) is 11.6. The minimum absolute atomic E-state index is 0.0705. The predicted molar refractivity (Wildman–Crippen MR) is 66.7 cm³/mol. The smallest absolute Gasteiger partial charge is 0.0777 e. The molecule has 1 N–H and O–H groups in total. The summed E-state index contributed by atoms with van der Waals surface area (Å²) in [5, 5.41) is 3.31. The van der Waals surface area contributed by atoms with E-state index in [1.54, 1.807) is 11.1 Å². The molecule has 2 saturated heterocycles. The van der Waals surface area contributed by atoms with E-state index in [1.165, 1.54) is 19.4 Å². The third kappa shape index (κ3) is 2.65. The molecule has 0 saturated carbocycles. The van der Waals surface area contributed by atoms with Crippen molar-refractivity contribution in [2.24, 2.45) is 0 Å². The standard InChI is InChI=1S/C13H24N2O/c1-11(12-7-14-8-12)9-15-6-4-5-13(2,10-15)16-3/h14H,4-10H2,1-3H3. The molecular formula is C13H24N2O. The Labute approximate surface area is 98.8 Å². The highest BCUT2D eigenvalue weighted by Crippen LogP contribution is 2.24. The summed E-state index contributed by atoms with van der Waals surface area (Å²) < 4.78 is 5.62. The summed E-state index contributed by atoms with van der Waals surface area (Å²) in [6.07, 6.45) is 2.45. The molecule has 0 aromatic heterocycles. The van der Waals surface area contributed by atoms with E-state index in [1.807, 2.05) is 7.11 Å². The van der Waals surface area contributed by atoms with E-state index in [0.29, 0.717) is 0 Å². The average molecular weight is 224 g/mol. The minimum Gasteiger partial charge on any atom is -0.377 e. The van der Waals surface area contributed by atoms with E-state index in [0.717, 1.165) is 26.2 Å². The lowest BCUT2D eigenvalue weighted by Gasteiger charge is -2.40. The largest absolute Gasteiger partial charge is 0.377 e. The lowest BCUT2D eigenvalue weighted by atomic mass is 9.94. The van der Waals surface area contributed by atoms with Crippen molar-refractivity contribution in [3.63, 3.8) is 0 Å². The zero-order valence-corrected chi connectivity index (χ0v) is 10.8. The van der Waals surface area contributed by atoms with Crippen molar-refractivity contribution in [2.45, 2.75) is 32.3 Å². The maximum Gasteiger partial charge on any atom is 0.0777 e. The molecule has 3 nitrogen and oxygen atoms in total. The average Bonchev–Trinajstić information content (AvgIpc) is 2.15. The molecule has 2 heterocycles. The van der Waals surface area contributed by atoms with Crippen molar-refractivity contribution in [3.05, 3.63) is 11.1 Å². The first-order valence-electron chi connectivity index (χ1n) is 6.29. The third-order valence-corrected chi connectivity index (χ3v) is 3.97. The number of rotatable bonds is 3. The Bertz CT molecular complexity index is 282. The molecule has 0 radical (unpaired) electrons. The molecule has 1 unspecified atom stereocenters. The number of hydrogen-bond donors (Lipinski definition) is 1. The summed E-state index contributed by atoms with van der Waals surface area (Å²) in [5.41, 5.74) is 3.23. The van der Waals surface area contributed by atoms with Crippen LogP contribution in [0.4, 0.5) is 0 Å². The van der Waals surface area contributed by atoms with Gasteiger partial charge in [-0.25, -0.2) is 0 Å². The molecule has 0 aromatic carbocycles. The molecule has 2 aliphatic rings. The molecule has 2 aliphatic heterocycles. The van der Waals surface area contributed by atoms with Gasteiger partial charge in [-0.3, -0.25) is 4.90 Å².